The molecule has 0 unspecified atom stereocenters. The van der Waals surface area contributed by atoms with E-state index < -0.39 is 0 Å². The summed E-state index contributed by atoms with van der Waals surface area (Å²) in [6, 6.07) is 35.4. The minimum Gasteiger partial charge on any atom is -0.305 e. The van der Waals surface area contributed by atoms with E-state index in [4.69, 9.17) is 0 Å². The summed E-state index contributed by atoms with van der Waals surface area (Å²) in [7, 11) is 0. The van der Waals surface area contributed by atoms with E-state index in [-0.39, 0.29) is 0 Å². The molecule has 8 rings (SSSR count). The van der Waals surface area contributed by atoms with E-state index in [1.54, 1.807) is 0 Å². The molecule has 0 N–H and O–H groups in total. The van der Waals surface area contributed by atoms with Gasteiger partial charge in [0, 0.05) is 21.5 Å². The first kappa shape index (κ1) is 14.9. The van der Waals surface area contributed by atoms with Gasteiger partial charge in [0.05, 0.1) is 33.1 Å². The molecule has 0 saturated carbocycles. The van der Waals surface area contributed by atoms with Crippen LogP contribution < -0.4 is 0 Å². The number of aromatic nitrogens is 2. The van der Waals surface area contributed by atoms with Crippen molar-refractivity contribution in [1.29, 1.82) is 0 Å². The average molecular weight is 380 g/mol. The van der Waals surface area contributed by atoms with Crippen LogP contribution in [-0.2, 0) is 0 Å². The molecule has 0 radical (unpaired) electrons. The van der Waals surface area contributed by atoms with Crippen molar-refractivity contribution in [1.82, 2.24) is 8.80 Å². The highest BCUT2D eigenvalue weighted by atomic mass is 15.0. The Bertz CT molecular complexity index is 1670. The Balaban J connectivity index is 1.96. The molecule has 0 spiro atoms. The predicted molar refractivity (Wildman–Crippen MR) is 127 cm³/mol. The Morgan fingerprint density at radius 2 is 0.667 bits per heavy atom. The largest absolute Gasteiger partial charge is 0.305 e. The highest BCUT2D eigenvalue weighted by Gasteiger charge is 2.23. The lowest BCUT2D eigenvalue weighted by Crippen LogP contribution is -1.97. The molecule has 0 bridgehead atoms. The lowest BCUT2D eigenvalue weighted by molar-refractivity contribution is 1.26. The van der Waals surface area contributed by atoms with Gasteiger partial charge in [0.2, 0.25) is 0 Å². The van der Waals surface area contributed by atoms with Gasteiger partial charge in [-0.1, -0.05) is 72.8 Å². The molecule has 2 nitrogen and oxygen atoms in total. The topological polar surface area (TPSA) is 8.82 Å². The van der Waals surface area contributed by atoms with Crippen molar-refractivity contribution in [2.45, 2.75) is 0 Å². The third-order valence-corrected chi connectivity index (χ3v) is 6.80. The van der Waals surface area contributed by atoms with Gasteiger partial charge in [-0.25, -0.2) is 0 Å². The number of benzene rings is 5. The molecule has 0 atom stereocenters. The second-order valence-corrected chi connectivity index (χ2v) is 8.19. The first-order chi connectivity index (χ1) is 14.9. The van der Waals surface area contributed by atoms with E-state index >= 15 is 0 Å². The Labute approximate surface area is 171 Å². The van der Waals surface area contributed by atoms with Gasteiger partial charge in [-0.2, -0.15) is 0 Å². The Morgan fingerprint density at radius 3 is 1.10 bits per heavy atom. The van der Waals surface area contributed by atoms with Crippen LogP contribution in [-0.4, -0.2) is 8.80 Å². The lowest BCUT2D eigenvalue weighted by Gasteiger charge is -2.12. The maximum Gasteiger partial charge on any atom is 0.0796 e. The first-order valence-electron chi connectivity index (χ1n) is 10.4. The number of nitrogens with zero attached hydrogens (tertiary/aromatic N) is 2. The lowest BCUT2D eigenvalue weighted by atomic mass is 9.98. The van der Waals surface area contributed by atoms with Crippen molar-refractivity contribution in [2.75, 3.05) is 0 Å². The molecule has 2 heteroatoms. The normalized spacial score (nSPS) is 12.7. The van der Waals surface area contributed by atoms with Crippen molar-refractivity contribution in [2.24, 2.45) is 0 Å². The quantitative estimate of drug-likeness (QED) is 0.242. The SMILES string of the molecule is c1ccc2c(c1)c1c3ccccc3n3c4ccccc4n4c5ccccc5c2c4c13. The number of para-hydroxylation sites is 4. The van der Waals surface area contributed by atoms with Crippen molar-refractivity contribution in [3.8, 4) is 0 Å². The summed E-state index contributed by atoms with van der Waals surface area (Å²) in [5, 5.41) is 8.01. The molecule has 0 aliphatic carbocycles. The van der Waals surface area contributed by atoms with Gasteiger partial charge in [-0.05, 0) is 35.0 Å². The molecule has 138 valence electrons. The van der Waals surface area contributed by atoms with E-state index in [0.717, 1.165) is 0 Å². The molecule has 0 aliphatic heterocycles. The van der Waals surface area contributed by atoms with Crippen LogP contribution in [0.2, 0.25) is 0 Å². The van der Waals surface area contributed by atoms with E-state index in [0.29, 0.717) is 0 Å². The minimum absolute atomic E-state index is 1.24. The molecular weight excluding hydrogens is 364 g/mol. The molecule has 0 saturated heterocycles. The molecule has 5 aromatic carbocycles. The van der Waals surface area contributed by atoms with Gasteiger partial charge < -0.3 is 8.80 Å². The summed E-state index contributed by atoms with van der Waals surface area (Å²) < 4.78 is 4.96. The van der Waals surface area contributed by atoms with Crippen LogP contribution in [0.1, 0.15) is 0 Å². The molecule has 0 aliphatic rings. The molecule has 0 fully saturated rings. The van der Waals surface area contributed by atoms with Crippen LogP contribution in [0.25, 0.3) is 65.4 Å². The van der Waals surface area contributed by atoms with Gasteiger partial charge in [0.25, 0.3) is 0 Å². The van der Waals surface area contributed by atoms with Gasteiger partial charge in [-0.3, -0.25) is 0 Å². The Hall–Kier alpha value is -4.04. The van der Waals surface area contributed by atoms with Crippen molar-refractivity contribution < 1.29 is 0 Å². The van der Waals surface area contributed by atoms with Crippen LogP contribution in [0.5, 0.6) is 0 Å². The molecule has 3 aromatic heterocycles. The fourth-order valence-electron chi connectivity index (χ4n) is 5.74. The van der Waals surface area contributed by atoms with E-state index in [1.165, 1.54) is 65.4 Å². The molecule has 3 heterocycles. The van der Waals surface area contributed by atoms with Gasteiger partial charge in [0.15, 0.2) is 0 Å². The summed E-state index contributed by atoms with van der Waals surface area (Å²) >= 11 is 0. The van der Waals surface area contributed by atoms with E-state index in [9.17, 15) is 0 Å². The van der Waals surface area contributed by atoms with E-state index in [1.807, 2.05) is 0 Å². The van der Waals surface area contributed by atoms with E-state index in [2.05, 4.69) is 106 Å². The van der Waals surface area contributed by atoms with Crippen LogP contribution >= 0.6 is 0 Å². The molecule has 8 aromatic rings. The Morgan fingerprint density at radius 1 is 0.333 bits per heavy atom. The monoisotopic (exact) mass is 380 g/mol. The molecule has 30 heavy (non-hydrogen) atoms. The highest BCUT2D eigenvalue weighted by Crippen LogP contribution is 2.46. The second-order valence-electron chi connectivity index (χ2n) is 8.19. The summed E-state index contributed by atoms with van der Waals surface area (Å²) in [6.45, 7) is 0. The fraction of sp³-hybridized carbons (Fsp3) is 0. The van der Waals surface area contributed by atoms with Gasteiger partial charge in [-0.15, -0.1) is 0 Å². The number of hydrogen-bond acceptors (Lipinski definition) is 0. The second kappa shape index (κ2) is 4.92. The number of fused-ring (bicyclic) bond motifs is 12. The molecular formula is C28H16N2. The van der Waals surface area contributed by atoms with Crippen molar-refractivity contribution in [3.63, 3.8) is 0 Å². The summed E-state index contributed by atoms with van der Waals surface area (Å²) in [5.74, 6) is 0. The average Bonchev–Trinajstić information content (AvgIpc) is 3.34. The van der Waals surface area contributed by atoms with Gasteiger partial charge in [0.1, 0.15) is 0 Å². The smallest absolute Gasteiger partial charge is 0.0796 e. The third-order valence-electron chi connectivity index (χ3n) is 6.80. The first-order valence-corrected chi connectivity index (χ1v) is 10.4. The minimum atomic E-state index is 1.24. The van der Waals surface area contributed by atoms with Gasteiger partial charge >= 0.3 is 0 Å². The molecule has 0 amide bonds. The predicted octanol–water partition coefficient (Wildman–Crippen LogP) is 7.40. The summed E-state index contributed by atoms with van der Waals surface area (Å²) in [4.78, 5) is 0. The zero-order chi connectivity index (χ0) is 19.4. The van der Waals surface area contributed by atoms with Crippen LogP contribution in [0.15, 0.2) is 97.1 Å². The zero-order valence-electron chi connectivity index (χ0n) is 16.1. The zero-order valence-corrected chi connectivity index (χ0v) is 16.1. The fourth-order valence-corrected chi connectivity index (χ4v) is 5.74. The summed E-state index contributed by atoms with van der Waals surface area (Å²) in [6.07, 6.45) is 0. The number of rotatable bonds is 0. The third kappa shape index (κ3) is 1.49. The summed E-state index contributed by atoms with van der Waals surface area (Å²) in [5.41, 5.74) is 7.67. The number of hydrogen-bond donors (Lipinski definition) is 0. The maximum atomic E-state index is 2.48. The standard InChI is InChI=1S/C28H16N2/c1-2-10-18-17(9-1)25-19-11-3-5-13-21(19)29-23-15-7-8-16-24(23)30-22-14-6-4-12-20(22)26(18)28(30)27(25)29/h1-16H. The Kier molecular flexibility index (Phi) is 2.44. The van der Waals surface area contributed by atoms with Crippen LogP contribution in [0.3, 0.4) is 0 Å². The van der Waals surface area contributed by atoms with Crippen molar-refractivity contribution in [3.05, 3.63) is 97.1 Å². The van der Waals surface area contributed by atoms with Crippen LogP contribution in [0, 0.1) is 0 Å². The maximum absolute atomic E-state index is 2.48. The highest BCUT2D eigenvalue weighted by molar-refractivity contribution is 6.37. The van der Waals surface area contributed by atoms with Crippen LogP contribution in [0.4, 0.5) is 0 Å². The van der Waals surface area contributed by atoms with Crippen molar-refractivity contribution >= 4 is 65.4 Å².